The number of hydrogen-bond acceptors (Lipinski definition) is 3. The summed E-state index contributed by atoms with van der Waals surface area (Å²) in [7, 11) is 0. The predicted molar refractivity (Wildman–Crippen MR) is 93.8 cm³/mol. The first-order valence-corrected chi connectivity index (χ1v) is 7.71. The molecule has 0 unspecified atom stereocenters. The van der Waals surface area contributed by atoms with Crippen molar-refractivity contribution in [1.29, 1.82) is 0 Å². The van der Waals surface area contributed by atoms with Crippen molar-refractivity contribution in [3.63, 3.8) is 0 Å². The molecule has 2 fully saturated rings. The highest BCUT2D eigenvalue weighted by Crippen LogP contribution is 2.16. The Labute approximate surface area is 139 Å². The topological polar surface area (TPSA) is 62.9 Å². The first-order chi connectivity index (χ1) is 9.34. The van der Waals surface area contributed by atoms with Crippen LogP contribution in [0.1, 0.15) is 38.5 Å². The number of aliphatic imine (C=N–C) groups is 1. The minimum absolute atomic E-state index is 0. The minimum Gasteiger partial charge on any atom is -0.379 e. The molecule has 0 aromatic rings. The number of morpholine rings is 1. The number of nitrogens with zero attached hydrogens (tertiary/aromatic N) is 2. The van der Waals surface area contributed by atoms with E-state index in [2.05, 4.69) is 15.2 Å². The zero-order valence-corrected chi connectivity index (χ0v) is 14.7. The summed E-state index contributed by atoms with van der Waals surface area (Å²) in [5.41, 5.74) is 5.93. The van der Waals surface area contributed by atoms with Crippen molar-refractivity contribution in [3.8, 4) is 0 Å². The fraction of sp³-hybridized carbons (Fsp3) is 0.929. The number of hydrogen-bond donors (Lipinski definition) is 2. The van der Waals surface area contributed by atoms with Crippen LogP contribution in [-0.4, -0.2) is 56.3 Å². The lowest BCUT2D eigenvalue weighted by atomic mass is 9.96. The zero-order valence-electron chi connectivity index (χ0n) is 12.4. The van der Waals surface area contributed by atoms with Gasteiger partial charge in [0.2, 0.25) is 0 Å². The Morgan fingerprint density at radius 3 is 2.60 bits per heavy atom. The van der Waals surface area contributed by atoms with E-state index in [-0.39, 0.29) is 24.0 Å². The largest absolute Gasteiger partial charge is 0.379 e. The van der Waals surface area contributed by atoms with Gasteiger partial charge in [-0.05, 0) is 19.3 Å². The van der Waals surface area contributed by atoms with Crippen LogP contribution in [0.5, 0.6) is 0 Å². The maximum absolute atomic E-state index is 5.93. The molecule has 1 aliphatic heterocycles. The van der Waals surface area contributed by atoms with Gasteiger partial charge in [-0.1, -0.05) is 19.3 Å². The quantitative estimate of drug-likeness (QED) is 0.321. The second-order valence-corrected chi connectivity index (χ2v) is 5.55. The van der Waals surface area contributed by atoms with Crippen molar-refractivity contribution in [3.05, 3.63) is 0 Å². The van der Waals surface area contributed by atoms with Crippen LogP contribution >= 0.6 is 24.0 Å². The molecule has 0 amide bonds. The molecule has 3 N–H and O–H groups in total. The Kier molecular flexibility index (Phi) is 9.54. The highest BCUT2D eigenvalue weighted by Gasteiger charge is 2.13. The smallest absolute Gasteiger partial charge is 0.188 e. The molecule has 118 valence electrons. The van der Waals surface area contributed by atoms with Gasteiger partial charge in [-0.2, -0.15) is 0 Å². The Morgan fingerprint density at radius 1 is 1.20 bits per heavy atom. The molecule has 0 aromatic heterocycles. The molecule has 0 radical (unpaired) electrons. The van der Waals surface area contributed by atoms with Crippen molar-refractivity contribution < 1.29 is 4.74 Å². The number of guanidine groups is 1. The normalized spacial score (nSPS) is 22.3. The van der Waals surface area contributed by atoms with Crippen LogP contribution in [0.2, 0.25) is 0 Å². The van der Waals surface area contributed by atoms with E-state index >= 15 is 0 Å². The number of halogens is 1. The molecular formula is C14H29IN4O. The van der Waals surface area contributed by atoms with Crippen LogP contribution < -0.4 is 11.1 Å². The van der Waals surface area contributed by atoms with E-state index in [1.807, 2.05) is 0 Å². The fourth-order valence-corrected chi connectivity index (χ4v) is 2.82. The van der Waals surface area contributed by atoms with Crippen LogP contribution in [0.3, 0.4) is 0 Å². The average molecular weight is 396 g/mol. The number of rotatable bonds is 5. The third-order valence-corrected chi connectivity index (χ3v) is 3.98. The summed E-state index contributed by atoms with van der Waals surface area (Å²) in [4.78, 5) is 6.86. The maximum atomic E-state index is 5.93. The molecule has 1 heterocycles. The summed E-state index contributed by atoms with van der Waals surface area (Å²) < 4.78 is 5.33. The Morgan fingerprint density at radius 2 is 1.90 bits per heavy atom. The molecule has 1 saturated heterocycles. The fourth-order valence-electron chi connectivity index (χ4n) is 2.82. The Bertz CT molecular complexity index is 276. The van der Waals surface area contributed by atoms with E-state index in [0.717, 1.165) is 45.8 Å². The van der Waals surface area contributed by atoms with E-state index < -0.39 is 0 Å². The lowest BCUT2D eigenvalue weighted by Gasteiger charge is -2.26. The Hall–Kier alpha value is -0.0800. The van der Waals surface area contributed by atoms with Gasteiger partial charge in [0.15, 0.2) is 5.96 Å². The standard InChI is InChI=1S/C14H28N4O.HI/c15-14(17-13-5-2-1-3-6-13)16-7-4-8-18-9-11-19-12-10-18;/h13H,1-12H2,(H3,15,16,17);1H. The van der Waals surface area contributed by atoms with Crippen molar-refractivity contribution in [2.45, 2.75) is 44.6 Å². The van der Waals surface area contributed by atoms with Gasteiger partial charge in [0.1, 0.15) is 0 Å². The lowest BCUT2D eigenvalue weighted by molar-refractivity contribution is 0.0377. The molecule has 1 aliphatic carbocycles. The van der Waals surface area contributed by atoms with Gasteiger partial charge < -0.3 is 15.8 Å². The van der Waals surface area contributed by atoms with E-state index in [0.29, 0.717) is 12.0 Å². The number of ether oxygens (including phenoxy) is 1. The average Bonchev–Trinajstić information content (AvgIpc) is 2.46. The summed E-state index contributed by atoms with van der Waals surface area (Å²) in [6.45, 7) is 5.77. The van der Waals surface area contributed by atoms with Gasteiger partial charge in [0, 0.05) is 32.2 Å². The number of nitrogens with two attached hydrogens (primary N) is 1. The third kappa shape index (κ3) is 7.08. The molecule has 0 spiro atoms. The zero-order chi connectivity index (χ0) is 13.3. The third-order valence-electron chi connectivity index (χ3n) is 3.98. The number of nitrogens with one attached hydrogen (secondary N) is 1. The molecule has 20 heavy (non-hydrogen) atoms. The van der Waals surface area contributed by atoms with Crippen LogP contribution in [0.25, 0.3) is 0 Å². The first kappa shape index (κ1) is 18.0. The van der Waals surface area contributed by atoms with E-state index in [1.54, 1.807) is 0 Å². The highest BCUT2D eigenvalue weighted by atomic mass is 127. The van der Waals surface area contributed by atoms with Gasteiger partial charge in [0.25, 0.3) is 0 Å². The molecule has 0 atom stereocenters. The van der Waals surface area contributed by atoms with Gasteiger partial charge in [-0.3, -0.25) is 9.89 Å². The molecule has 2 aliphatic rings. The lowest BCUT2D eigenvalue weighted by Crippen LogP contribution is -2.41. The molecule has 2 rings (SSSR count). The molecule has 6 heteroatoms. The van der Waals surface area contributed by atoms with Crippen molar-refractivity contribution in [2.24, 2.45) is 10.7 Å². The second-order valence-electron chi connectivity index (χ2n) is 5.55. The summed E-state index contributed by atoms with van der Waals surface area (Å²) in [6, 6.07) is 0.553. The Balaban J connectivity index is 0.00000200. The van der Waals surface area contributed by atoms with Gasteiger partial charge >= 0.3 is 0 Å². The van der Waals surface area contributed by atoms with Crippen molar-refractivity contribution in [1.82, 2.24) is 10.2 Å². The first-order valence-electron chi connectivity index (χ1n) is 7.71. The van der Waals surface area contributed by atoms with Gasteiger partial charge in [-0.15, -0.1) is 24.0 Å². The van der Waals surface area contributed by atoms with Crippen LogP contribution in [-0.2, 0) is 4.74 Å². The minimum atomic E-state index is 0. The van der Waals surface area contributed by atoms with E-state index in [1.165, 1.54) is 32.1 Å². The highest BCUT2D eigenvalue weighted by molar-refractivity contribution is 14.0. The van der Waals surface area contributed by atoms with Gasteiger partial charge in [-0.25, -0.2) is 0 Å². The monoisotopic (exact) mass is 396 g/mol. The SMILES string of the molecule is I.NC(=NCCCN1CCOCC1)NC1CCCCC1. The molecule has 1 saturated carbocycles. The summed E-state index contributed by atoms with van der Waals surface area (Å²) in [6.07, 6.45) is 7.57. The van der Waals surface area contributed by atoms with Crippen LogP contribution in [0.4, 0.5) is 0 Å². The summed E-state index contributed by atoms with van der Waals surface area (Å²) >= 11 is 0. The summed E-state index contributed by atoms with van der Waals surface area (Å²) in [5.74, 6) is 0.633. The van der Waals surface area contributed by atoms with Gasteiger partial charge in [0.05, 0.1) is 13.2 Å². The molecular weight excluding hydrogens is 367 g/mol. The van der Waals surface area contributed by atoms with Crippen LogP contribution in [0.15, 0.2) is 4.99 Å². The predicted octanol–water partition coefficient (Wildman–Crippen LogP) is 1.56. The van der Waals surface area contributed by atoms with Crippen LogP contribution in [0, 0.1) is 0 Å². The van der Waals surface area contributed by atoms with E-state index in [9.17, 15) is 0 Å². The molecule has 0 bridgehead atoms. The second kappa shape index (κ2) is 10.6. The van der Waals surface area contributed by atoms with E-state index in [4.69, 9.17) is 10.5 Å². The molecule has 0 aromatic carbocycles. The maximum Gasteiger partial charge on any atom is 0.188 e. The summed E-state index contributed by atoms with van der Waals surface area (Å²) in [5, 5.41) is 3.35. The molecule has 5 nitrogen and oxygen atoms in total. The van der Waals surface area contributed by atoms with Crippen molar-refractivity contribution in [2.75, 3.05) is 39.4 Å². The van der Waals surface area contributed by atoms with Crippen molar-refractivity contribution >= 4 is 29.9 Å².